The molecular formula is C21H35N5O. The van der Waals surface area contributed by atoms with E-state index in [1.807, 2.05) is 4.90 Å². The second-order valence-electron chi connectivity index (χ2n) is 7.31. The summed E-state index contributed by atoms with van der Waals surface area (Å²) in [7, 11) is 0. The summed E-state index contributed by atoms with van der Waals surface area (Å²) in [6.07, 6.45) is 0. The number of aryl methyl sites for hydroxylation is 1. The summed E-state index contributed by atoms with van der Waals surface area (Å²) in [5, 5.41) is 6.76. The summed E-state index contributed by atoms with van der Waals surface area (Å²) in [6.45, 7) is 15.0. The van der Waals surface area contributed by atoms with E-state index in [1.165, 1.54) is 11.1 Å². The molecule has 27 heavy (non-hydrogen) atoms. The molecule has 1 aliphatic rings. The van der Waals surface area contributed by atoms with Gasteiger partial charge in [-0.3, -0.25) is 14.7 Å². The fourth-order valence-electron chi connectivity index (χ4n) is 3.19. The predicted octanol–water partition coefficient (Wildman–Crippen LogP) is 1.82. The number of amides is 1. The van der Waals surface area contributed by atoms with E-state index in [0.717, 1.165) is 58.3 Å². The third-order valence-electron chi connectivity index (χ3n) is 5.05. The lowest BCUT2D eigenvalue weighted by Gasteiger charge is -2.34. The summed E-state index contributed by atoms with van der Waals surface area (Å²) in [4.78, 5) is 20.5. The Morgan fingerprint density at radius 2 is 1.81 bits per heavy atom. The van der Waals surface area contributed by atoms with Gasteiger partial charge in [0.25, 0.3) is 0 Å². The smallest absolute Gasteiger partial charge is 0.219 e. The highest BCUT2D eigenvalue weighted by Gasteiger charge is 2.17. The van der Waals surface area contributed by atoms with Crippen LogP contribution in [0.25, 0.3) is 0 Å². The zero-order valence-corrected chi connectivity index (χ0v) is 17.3. The van der Waals surface area contributed by atoms with Crippen LogP contribution in [0, 0.1) is 6.92 Å². The molecule has 6 nitrogen and oxygen atoms in total. The van der Waals surface area contributed by atoms with E-state index in [1.54, 1.807) is 6.92 Å². The Bertz CT molecular complexity index is 606. The zero-order valence-electron chi connectivity index (χ0n) is 17.3. The molecule has 0 radical (unpaired) electrons. The van der Waals surface area contributed by atoms with Gasteiger partial charge in [0.2, 0.25) is 5.91 Å². The van der Waals surface area contributed by atoms with E-state index in [9.17, 15) is 4.79 Å². The van der Waals surface area contributed by atoms with Crippen molar-refractivity contribution in [2.75, 3.05) is 52.4 Å². The highest BCUT2D eigenvalue weighted by Crippen LogP contribution is 2.15. The number of piperazine rings is 1. The standard InChI is InChI=1S/C21H35N5O/c1-5-22-21(24-16-18(3)20-8-6-17(2)7-9-20)23-10-11-25-12-14-26(15-13-25)19(4)27/h6-9,18H,5,10-16H2,1-4H3,(H2,22,23,24). The number of hydrogen-bond acceptors (Lipinski definition) is 3. The van der Waals surface area contributed by atoms with Gasteiger partial charge in [0.05, 0.1) is 0 Å². The van der Waals surface area contributed by atoms with E-state index in [4.69, 9.17) is 4.99 Å². The SMILES string of the molecule is CCNC(=NCC(C)c1ccc(C)cc1)NCCN1CCN(C(C)=O)CC1. The van der Waals surface area contributed by atoms with Crippen LogP contribution in [0.2, 0.25) is 0 Å². The third-order valence-corrected chi connectivity index (χ3v) is 5.05. The Morgan fingerprint density at radius 3 is 2.41 bits per heavy atom. The molecule has 2 rings (SSSR count). The molecule has 0 saturated carbocycles. The van der Waals surface area contributed by atoms with Gasteiger partial charge in [0.1, 0.15) is 0 Å². The Balaban J connectivity index is 1.76. The van der Waals surface area contributed by atoms with Gasteiger partial charge >= 0.3 is 0 Å². The number of carbonyl (C=O) groups is 1. The van der Waals surface area contributed by atoms with E-state index in [0.29, 0.717) is 5.92 Å². The summed E-state index contributed by atoms with van der Waals surface area (Å²) in [6, 6.07) is 8.70. The summed E-state index contributed by atoms with van der Waals surface area (Å²) in [5.41, 5.74) is 2.61. The summed E-state index contributed by atoms with van der Waals surface area (Å²) >= 11 is 0. The molecule has 1 heterocycles. The zero-order chi connectivity index (χ0) is 19.6. The van der Waals surface area contributed by atoms with Crippen molar-refractivity contribution in [2.45, 2.75) is 33.6 Å². The minimum atomic E-state index is 0.178. The molecule has 1 unspecified atom stereocenters. The van der Waals surface area contributed by atoms with Crippen molar-refractivity contribution in [1.82, 2.24) is 20.4 Å². The maximum Gasteiger partial charge on any atom is 0.219 e. The molecule has 1 saturated heterocycles. The molecular weight excluding hydrogens is 338 g/mol. The maximum absolute atomic E-state index is 11.4. The Hall–Kier alpha value is -2.08. The third kappa shape index (κ3) is 7.21. The summed E-state index contributed by atoms with van der Waals surface area (Å²) < 4.78 is 0. The molecule has 1 aromatic carbocycles. The van der Waals surface area contributed by atoms with Crippen molar-refractivity contribution in [2.24, 2.45) is 4.99 Å². The van der Waals surface area contributed by atoms with Crippen LogP contribution in [0.1, 0.15) is 37.8 Å². The van der Waals surface area contributed by atoms with Crippen molar-refractivity contribution in [3.63, 3.8) is 0 Å². The molecule has 2 N–H and O–H groups in total. The van der Waals surface area contributed by atoms with Crippen LogP contribution in [0.15, 0.2) is 29.3 Å². The van der Waals surface area contributed by atoms with Crippen LogP contribution in [0.5, 0.6) is 0 Å². The second-order valence-corrected chi connectivity index (χ2v) is 7.31. The highest BCUT2D eigenvalue weighted by molar-refractivity contribution is 5.79. The van der Waals surface area contributed by atoms with E-state index in [-0.39, 0.29) is 5.91 Å². The molecule has 1 atom stereocenters. The van der Waals surface area contributed by atoms with Crippen LogP contribution < -0.4 is 10.6 Å². The van der Waals surface area contributed by atoms with Crippen molar-refractivity contribution in [3.05, 3.63) is 35.4 Å². The average molecular weight is 374 g/mol. The van der Waals surface area contributed by atoms with Gasteiger partial charge in [-0.15, -0.1) is 0 Å². The molecule has 150 valence electrons. The quantitative estimate of drug-likeness (QED) is 0.565. The van der Waals surface area contributed by atoms with Crippen LogP contribution in [0.3, 0.4) is 0 Å². The minimum Gasteiger partial charge on any atom is -0.357 e. The molecule has 0 spiro atoms. The Morgan fingerprint density at radius 1 is 1.15 bits per heavy atom. The molecule has 1 aliphatic heterocycles. The number of carbonyl (C=O) groups excluding carboxylic acids is 1. The predicted molar refractivity (Wildman–Crippen MR) is 112 cm³/mol. The number of nitrogens with one attached hydrogen (secondary N) is 2. The van der Waals surface area contributed by atoms with Gasteiger partial charge in [-0.05, 0) is 19.4 Å². The fourth-order valence-corrected chi connectivity index (χ4v) is 3.19. The van der Waals surface area contributed by atoms with Gasteiger partial charge < -0.3 is 15.5 Å². The van der Waals surface area contributed by atoms with E-state index >= 15 is 0 Å². The lowest BCUT2D eigenvalue weighted by Crippen LogP contribution is -2.50. The number of guanidine groups is 1. The number of aliphatic imine (C=N–C) groups is 1. The normalized spacial score (nSPS) is 16.9. The van der Waals surface area contributed by atoms with Crippen molar-refractivity contribution < 1.29 is 4.79 Å². The molecule has 6 heteroatoms. The highest BCUT2D eigenvalue weighted by atomic mass is 16.2. The van der Waals surface area contributed by atoms with Gasteiger partial charge in [-0.1, -0.05) is 36.8 Å². The van der Waals surface area contributed by atoms with Gasteiger partial charge in [0, 0.05) is 65.2 Å². The summed E-state index contributed by atoms with van der Waals surface area (Å²) in [5.74, 6) is 1.44. The molecule has 0 aromatic heterocycles. The van der Waals surface area contributed by atoms with E-state index in [2.05, 4.69) is 60.6 Å². The number of hydrogen-bond donors (Lipinski definition) is 2. The number of nitrogens with zero attached hydrogens (tertiary/aromatic N) is 3. The van der Waals surface area contributed by atoms with Crippen LogP contribution in [-0.2, 0) is 4.79 Å². The van der Waals surface area contributed by atoms with Gasteiger partial charge in [0.15, 0.2) is 5.96 Å². The lowest BCUT2D eigenvalue weighted by atomic mass is 10.0. The van der Waals surface area contributed by atoms with Crippen molar-refractivity contribution in [1.29, 1.82) is 0 Å². The second kappa shape index (κ2) is 10.9. The molecule has 1 aromatic rings. The first-order valence-corrected chi connectivity index (χ1v) is 10.1. The molecule has 0 bridgehead atoms. The maximum atomic E-state index is 11.4. The fraction of sp³-hybridized carbons (Fsp3) is 0.619. The first-order valence-electron chi connectivity index (χ1n) is 10.1. The van der Waals surface area contributed by atoms with E-state index < -0.39 is 0 Å². The molecule has 0 aliphatic carbocycles. The van der Waals surface area contributed by atoms with Crippen LogP contribution in [0.4, 0.5) is 0 Å². The van der Waals surface area contributed by atoms with Gasteiger partial charge in [-0.25, -0.2) is 0 Å². The van der Waals surface area contributed by atoms with Crippen LogP contribution in [-0.4, -0.2) is 74.0 Å². The Labute approximate surface area is 164 Å². The van der Waals surface area contributed by atoms with Crippen LogP contribution >= 0.6 is 0 Å². The first kappa shape index (κ1) is 21.2. The Kier molecular flexibility index (Phi) is 8.58. The molecule has 1 amide bonds. The average Bonchev–Trinajstić information content (AvgIpc) is 2.66. The lowest BCUT2D eigenvalue weighted by molar-refractivity contribution is -0.130. The number of benzene rings is 1. The first-order chi connectivity index (χ1) is 13.0. The minimum absolute atomic E-state index is 0.178. The monoisotopic (exact) mass is 373 g/mol. The number of rotatable bonds is 7. The van der Waals surface area contributed by atoms with Crippen molar-refractivity contribution >= 4 is 11.9 Å². The topological polar surface area (TPSA) is 60.0 Å². The van der Waals surface area contributed by atoms with Crippen molar-refractivity contribution in [3.8, 4) is 0 Å². The van der Waals surface area contributed by atoms with Gasteiger partial charge in [-0.2, -0.15) is 0 Å². The molecule has 1 fully saturated rings. The largest absolute Gasteiger partial charge is 0.357 e.